The molecule has 0 aliphatic heterocycles. The van der Waals surface area contributed by atoms with Gasteiger partial charge in [0.2, 0.25) is 0 Å². The number of halogens is 1. The number of carbonyl (C=O) groups excluding carboxylic acids is 1. The van der Waals surface area contributed by atoms with Gasteiger partial charge >= 0.3 is 5.95 Å². The summed E-state index contributed by atoms with van der Waals surface area (Å²) >= 11 is 3.23. The SMILES string of the molecule is C/C(Cn1nnc([N+](=O)[O-])n1)=N/NC(=O)c1cc(Br)n(C)n1. The van der Waals surface area contributed by atoms with Gasteiger partial charge in [0.05, 0.1) is 15.9 Å². The first-order chi connectivity index (χ1) is 10.4. The summed E-state index contributed by atoms with van der Waals surface area (Å²) in [5.74, 6) is -1.09. The second kappa shape index (κ2) is 6.38. The lowest BCUT2D eigenvalue weighted by atomic mass is 10.4. The maximum atomic E-state index is 11.8. The van der Waals surface area contributed by atoms with E-state index >= 15 is 0 Å². The summed E-state index contributed by atoms with van der Waals surface area (Å²) < 4.78 is 2.14. The van der Waals surface area contributed by atoms with Crippen molar-refractivity contribution in [3.8, 4) is 0 Å². The second-order valence-corrected chi connectivity index (χ2v) is 4.95. The van der Waals surface area contributed by atoms with Gasteiger partial charge in [-0.2, -0.15) is 10.2 Å². The lowest BCUT2D eigenvalue weighted by molar-refractivity contribution is -0.394. The van der Waals surface area contributed by atoms with Crippen LogP contribution >= 0.6 is 15.9 Å². The smallest absolute Gasteiger partial charge is 0.390 e. The van der Waals surface area contributed by atoms with E-state index in [1.54, 1.807) is 20.0 Å². The van der Waals surface area contributed by atoms with Crippen molar-refractivity contribution in [1.29, 1.82) is 0 Å². The zero-order chi connectivity index (χ0) is 16.3. The number of rotatable bonds is 5. The lowest BCUT2D eigenvalue weighted by Gasteiger charge is -1.98. The second-order valence-electron chi connectivity index (χ2n) is 4.14. The van der Waals surface area contributed by atoms with Gasteiger partial charge in [0.25, 0.3) is 5.91 Å². The van der Waals surface area contributed by atoms with E-state index in [1.165, 1.54) is 4.68 Å². The van der Waals surface area contributed by atoms with Crippen LogP contribution in [0.5, 0.6) is 0 Å². The maximum Gasteiger partial charge on any atom is 0.514 e. The molecule has 116 valence electrons. The Morgan fingerprint density at radius 1 is 1.55 bits per heavy atom. The third kappa shape index (κ3) is 3.69. The quantitative estimate of drug-likeness (QED) is 0.437. The zero-order valence-electron chi connectivity index (χ0n) is 11.5. The number of nitrogens with zero attached hydrogens (tertiary/aromatic N) is 8. The molecule has 0 aromatic carbocycles. The van der Waals surface area contributed by atoms with Gasteiger partial charge in [0, 0.05) is 18.3 Å². The number of amides is 1. The Morgan fingerprint density at radius 3 is 2.82 bits per heavy atom. The fourth-order valence-corrected chi connectivity index (χ4v) is 1.67. The lowest BCUT2D eigenvalue weighted by Crippen LogP contribution is -2.21. The van der Waals surface area contributed by atoms with E-state index in [-0.39, 0.29) is 12.2 Å². The summed E-state index contributed by atoms with van der Waals surface area (Å²) in [6.45, 7) is 1.65. The van der Waals surface area contributed by atoms with Crippen molar-refractivity contribution < 1.29 is 9.72 Å². The van der Waals surface area contributed by atoms with E-state index < -0.39 is 16.8 Å². The van der Waals surface area contributed by atoms with E-state index in [2.05, 4.69) is 47.0 Å². The molecule has 2 aromatic rings. The Hall–Kier alpha value is -2.70. The molecule has 2 aromatic heterocycles. The van der Waals surface area contributed by atoms with E-state index in [0.717, 1.165) is 4.80 Å². The van der Waals surface area contributed by atoms with Crippen LogP contribution in [0.2, 0.25) is 0 Å². The number of carbonyl (C=O) groups is 1. The Kier molecular flexibility index (Phi) is 4.55. The van der Waals surface area contributed by atoms with Crippen molar-refractivity contribution in [3.63, 3.8) is 0 Å². The minimum atomic E-state index is -0.753. The maximum absolute atomic E-state index is 11.8. The van der Waals surface area contributed by atoms with Gasteiger partial charge < -0.3 is 10.1 Å². The molecule has 22 heavy (non-hydrogen) atoms. The average molecular weight is 372 g/mol. The van der Waals surface area contributed by atoms with Gasteiger partial charge in [0.1, 0.15) is 11.1 Å². The molecule has 0 saturated heterocycles. The van der Waals surface area contributed by atoms with Crippen LogP contribution in [0.25, 0.3) is 0 Å². The molecule has 0 radical (unpaired) electrons. The molecule has 0 spiro atoms. The Bertz CT molecular complexity index is 730. The van der Waals surface area contributed by atoms with Crippen molar-refractivity contribution in [2.75, 3.05) is 0 Å². The molecule has 0 bridgehead atoms. The molecule has 0 atom stereocenters. The molecular formula is C9H10BrN9O3. The number of hydrogen-bond donors (Lipinski definition) is 1. The first-order valence-corrected chi connectivity index (χ1v) is 6.61. The predicted molar refractivity (Wildman–Crippen MR) is 76.0 cm³/mol. The zero-order valence-corrected chi connectivity index (χ0v) is 13.1. The molecule has 0 fully saturated rings. The van der Waals surface area contributed by atoms with Crippen molar-refractivity contribution in [2.24, 2.45) is 12.1 Å². The summed E-state index contributed by atoms with van der Waals surface area (Å²) in [5, 5.41) is 28.5. The number of aromatic nitrogens is 6. The van der Waals surface area contributed by atoms with Crippen LogP contribution < -0.4 is 5.43 Å². The van der Waals surface area contributed by atoms with Crippen molar-refractivity contribution >= 4 is 33.5 Å². The third-order valence-electron chi connectivity index (χ3n) is 2.38. The summed E-state index contributed by atoms with van der Waals surface area (Å²) in [6.07, 6.45) is 0. The Labute approximate surface area is 131 Å². The molecule has 1 N–H and O–H groups in total. The fraction of sp³-hybridized carbons (Fsp3) is 0.333. The van der Waals surface area contributed by atoms with Crippen molar-refractivity contribution in [3.05, 3.63) is 26.5 Å². The molecular weight excluding hydrogens is 362 g/mol. The topological polar surface area (TPSA) is 146 Å². The van der Waals surface area contributed by atoms with Crippen LogP contribution in [0.1, 0.15) is 17.4 Å². The average Bonchev–Trinajstić information content (AvgIpc) is 3.04. The predicted octanol–water partition coefficient (Wildman–Crippen LogP) is -0.117. The highest BCUT2D eigenvalue weighted by atomic mass is 79.9. The molecule has 0 unspecified atom stereocenters. The highest BCUT2D eigenvalue weighted by Crippen LogP contribution is 2.09. The molecule has 2 heterocycles. The Balaban J connectivity index is 1.97. The van der Waals surface area contributed by atoms with Gasteiger partial charge in [-0.05, 0) is 27.8 Å². The minimum Gasteiger partial charge on any atom is -0.390 e. The number of tetrazole rings is 1. The molecule has 13 heteroatoms. The summed E-state index contributed by atoms with van der Waals surface area (Å²) in [4.78, 5) is 22.5. The van der Waals surface area contributed by atoms with Gasteiger partial charge in [-0.3, -0.25) is 9.48 Å². The van der Waals surface area contributed by atoms with Crippen LogP contribution in [0.15, 0.2) is 15.8 Å². The molecule has 2 rings (SSSR count). The largest absolute Gasteiger partial charge is 0.514 e. The van der Waals surface area contributed by atoms with Gasteiger partial charge in [-0.25, -0.2) is 5.43 Å². The van der Waals surface area contributed by atoms with E-state index in [4.69, 9.17) is 0 Å². The molecule has 0 aliphatic carbocycles. The van der Waals surface area contributed by atoms with Crippen LogP contribution in [0.3, 0.4) is 0 Å². The first-order valence-electron chi connectivity index (χ1n) is 5.82. The molecule has 12 nitrogen and oxygen atoms in total. The Morgan fingerprint density at radius 2 is 2.27 bits per heavy atom. The van der Waals surface area contributed by atoms with Crippen LogP contribution in [-0.4, -0.2) is 46.5 Å². The fourth-order valence-electron chi connectivity index (χ4n) is 1.37. The molecule has 0 saturated carbocycles. The normalized spacial score (nSPS) is 11.5. The van der Waals surface area contributed by atoms with E-state index in [0.29, 0.717) is 10.3 Å². The highest BCUT2D eigenvalue weighted by molar-refractivity contribution is 9.10. The first kappa shape index (κ1) is 15.7. The van der Waals surface area contributed by atoms with Gasteiger partial charge in [0.15, 0.2) is 5.69 Å². The monoisotopic (exact) mass is 371 g/mol. The summed E-state index contributed by atoms with van der Waals surface area (Å²) in [7, 11) is 1.68. The van der Waals surface area contributed by atoms with E-state index in [1.807, 2.05) is 0 Å². The van der Waals surface area contributed by atoms with Crippen LogP contribution in [0, 0.1) is 10.1 Å². The number of aryl methyl sites for hydroxylation is 1. The van der Waals surface area contributed by atoms with Crippen LogP contribution in [0.4, 0.5) is 5.95 Å². The minimum absolute atomic E-state index is 0.0486. The molecule has 1 amide bonds. The van der Waals surface area contributed by atoms with Crippen molar-refractivity contribution in [1.82, 2.24) is 35.4 Å². The van der Waals surface area contributed by atoms with Crippen LogP contribution in [-0.2, 0) is 13.6 Å². The molecule has 0 aliphatic rings. The van der Waals surface area contributed by atoms with Gasteiger partial charge in [-0.1, -0.05) is 4.80 Å². The van der Waals surface area contributed by atoms with Crippen molar-refractivity contribution in [2.45, 2.75) is 13.5 Å². The standard InChI is InChI=1S/C9H10BrN9O3/c1-5(4-18-15-9(13-16-18)19(21)22)11-12-8(20)6-3-7(10)17(2)14-6/h3H,4H2,1-2H3,(H,12,20)/b11-5-. The van der Waals surface area contributed by atoms with Gasteiger partial charge in [-0.15, -0.1) is 0 Å². The number of hydrazone groups is 1. The summed E-state index contributed by atoms with van der Waals surface area (Å²) in [5.41, 5.74) is 2.94. The summed E-state index contributed by atoms with van der Waals surface area (Å²) in [6, 6.07) is 1.54. The third-order valence-corrected chi connectivity index (χ3v) is 3.12. The number of nitro groups is 1. The van der Waals surface area contributed by atoms with E-state index in [9.17, 15) is 14.9 Å². The number of nitrogens with one attached hydrogen (secondary N) is 1. The highest BCUT2D eigenvalue weighted by Gasteiger charge is 2.16. The number of hydrogen-bond acceptors (Lipinski definition) is 8.